The van der Waals surface area contributed by atoms with E-state index in [4.69, 9.17) is 0 Å². The van der Waals surface area contributed by atoms with Gasteiger partial charge in [-0.1, -0.05) is 0 Å². The molecule has 0 aromatic carbocycles. The fourth-order valence-electron chi connectivity index (χ4n) is 1.21. The summed E-state index contributed by atoms with van der Waals surface area (Å²) in [6.45, 7) is 0. The molecule has 0 saturated carbocycles. The second-order valence-electron chi connectivity index (χ2n) is 2.51. The lowest BCUT2D eigenvalue weighted by molar-refractivity contribution is 0.932. The molecule has 3 heteroatoms. The maximum atomic E-state index is 4.19. The van der Waals surface area contributed by atoms with Gasteiger partial charge in [-0.05, 0) is 5.56 Å². The maximum absolute atomic E-state index is 4.19. The lowest BCUT2D eigenvalue weighted by Crippen LogP contribution is -1.86. The van der Waals surface area contributed by atoms with Gasteiger partial charge in [0.25, 0.3) is 0 Å². The third kappa shape index (κ3) is 0.375. The van der Waals surface area contributed by atoms with Gasteiger partial charge < -0.3 is 0 Å². The minimum absolute atomic E-state index is 0.955. The highest BCUT2D eigenvalue weighted by Crippen LogP contribution is 2.25. The van der Waals surface area contributed by atoms with Gasteiger partial charge in [0.2, 0.25) is 0 Å². The van der Waals surface area contributed by atoms with Crippen molar-refractivity contribution in [3.8, 4) is 0 Å². The Morgan fingerprint density at radius 2 is 2.50 bits per heavy atom. The van der Waals surface area contributed by atoms with Crippen molar-refractivity contribution in [3.05, 3.63) is 29.7 Å². The van der Waals surface area contributed by atoms with Crippen LogP contribution in [0.3, 0.4) is 0 Å². The zero-order valence-electron chi connectivity index (χ0n) is 5.28. The summed E-state index contributed by atoms with van der Waals surface area (Å²) in [6, 6.07) is 1.92. The van der Waals surface area contributed by atoms with Crippen LogP contribution in [0.1, 0.15) is 11.3 Å². The first-order chi connectivity index (χ1) is 4.95. The monoisotopic (exact) mass is 131 g/mol. The van der Waals surface area contributed by atoms with Crippen molar-refractivity contribution in [2.75, 3.05) is 0 Å². The summed E-state index contributed by atoms with van der Waals surface area (Å²) >= 11 is 0. The van der Waals surface area contributed by atoms with E-state index in [0.717, 1.165) is 12.1 Å². The van der Waals surface area contributed by atoms with E-state index < -0.39 is 0 Å². The minimum atomic E-state index is 0.955. The van der Waals surface area contributed by atoms with Crippen molar-refractivity contribution in [2.24, 2.45) is 0 Å². The predicted octanol–water partition coefficient (Wildman–Crippen LogP) is 0.633. The van der Waals surface area contributed by atoms with E-state index in [9.17, 15) is 0 Å². The Balaban J connectivity index is 2.64. The molecule has 0 atom stereocenters. The molecule has 0 radical (unpaired) electrons. The minimum Gasteiger partial charge on any atom is -0.237 e. The molecule has 0 spiro atoms. The highest BCUT2D eigenvalue weighted by atomic mass is 15.3. The molecule has 1 aliphatic rings. The zero-order valence-corrected chi connectivity index (χ0v) is 5.28. The molecule has 0 bridgehead atoms. The Bertz CT molecular complexity index is 402. The summed E-state index contributed by atoms with van der Waals surface area (Å²) in [5.41, 5.74) is 3.60. The Morgan fingerprint density at radius 1 is 1.50 bits per heavy atom. The molecule has 0 unspecified atom stereocenters. The lowest BCUT2D eigenvalue weighted by atomic mass is 10.6. The Labute approximate surface area is 57.3 Å². The van der Waals surface area contributed by atoms with Gasteiger partial charge in [-0.2, -0.15) is 5.10 Å². The van der Waals surface area contributed by atoms with Gasteiger partial charge in [0.05, 0.1) is 11.9 Å². The van der Waals surface area contributed by atoms with E-state index in [2.05, 4.69) is 10.1 Å². The first-order valence-corrected chi connectivity index (χ1v) is 3.26. The second-order valence-corrected chi connectivity index (χ2v) is 2.51. The van der Waals surface area contributed by atoms with E-state index in [1.807, 2.05) is 16.8 Å². The molecule has 3 nitrogen and oxygen atoms in total. The first-order valence-electron chi connectivity index (χ1n) is 3.26. The van der Waals surface area contributed by atoms with Crippen LogP contribution in [0, 0.1) is 0 Å². The van der Waals surface area contributed by atoms with Gasteiger partial charge in [-0.25, -0.2) is 9.50 Å². The molecular weight excluding hydrogens is 126 g/mol. The standard InChI is InChI=1S/C7H5N3/c1-2-9-10-6-3-5(6)4-8-7(1)10/h1-2,4H,3H2. The predicted molar refractivity (Wildman–Crippen MR) is 35.8 cm³/mol. The van der Waals surface area contributed by atoms with Crippen LogP contribution in [-0.2, 0) is 6.42 Å². The van der Waals surface area contributed by atoms with Gasteiger partial charge in [0.1, 0.15) is 0 Å². The first kappa shape index (κ1) is 4.44. The summed E-state index contributed by atoms with van der Waals surface area (Å²) in [4.78, 5) is 4.19. The van der Waals surface area contributed by atoms with Crippen molar-refractivity contribution in [1.82, 2.24) is 14.6 Å². The molecule has 0 aliphatic heterocycles. The van der Waals surface area contributed by atoms with Gasteiger partial charge in [0, 0.05) is 18.7 Å². The van der Waals surface area contributed by atoms with E-state index in [-0.39, 0.29) is 0 Å². The van der Waals surface area contributed by atoms with Crippen LogP contribution in [0.4, 0.5) is 0 Å². The molecule has 0 fully saturated rings. The lowest BCUT2D eigenvalue weighted by Gasteiger charge is -1.85. The van der Waals surface area contributed by atoms with E-state index in [1.54, 1.807) is 6.20 Å². The quantitative estimate of drug-likeness (QED) is 0.448. The topological polar surface area (TPSA) is 30.2 Å². The van der Waals surface area contributed by atoms with Crippen molar-refractivity contribution in [2.45, 2.75) is 6.42 Å². The van der Waals surface area contributed by atoms with Gasteiger partial charge in [-0.3, -0.25) is 0 Å². The van der Waals surface area contributed by atoms with Gasteiger partial charge >= 0.3 is 0 Å². The molecule has 48 valence electrons. The summed E-state index contributed by atoms with van der Waals surface area (Å²) in [6.07, 6.45) is 4.77. The summed E-state index contributed by atoms with van der Waals surface area (Å²) in [5, 5.41) is 4.12. The molecule has 3 rings (SSSR count). The highest BCUT2D eigenvalue weighted by molar-refractivity contribution is 5.47. The molecule has 0 amide bonds. The van der Waals surface area contributed by atoms with Crippen LogP contribution < -0.4 is 0 Å². The number of hydrogen-bond donors (Lipinski definition) is 0. The summed E-state index contributed by atoms with van der Waals surface area (Å²) in [5.74, 6) is 0. The average Bonchev–Trinajstić information content (AvgIpc) is 2.60. The average molecular weight is 131 g/mol. The van der Waals surface area contributed by atoms with Crippen molar-refractivity contribution in [3.63, 3.8) is 0 Å². The number of fused-ring (bicyclic) bond motifs is 3. The highest BCUT2D eigenvalue weighted by Gasteiger charge is 2.20. The van der Waals surface area contributed by atoms with Crippen LogP contribution >= 0.6 is 0 Å². The Hall–Kier alpha value is -1.38. The third-order valence-corrected chi connectivity index (χ3v) is 1.83. The second kappa shape index (κ2) is 1.21. The van der Waals surface area contributed by atoms with Crippen LogP contribution in [0.15, 0.2) is 18.5 Å². The van der Waals surface area contributed by atoms with Crippen LogP contribution in [-0.4, -0.2) is 14.6 Å². The summed E-state index contributed by atoms with van der Waals surface area (Å²) in [7, 11) is 0. The molecule has 10 heavy (non-hydrogen) atoms. The largest absolute Gasteiger partial charge is 0.237 e. The normalized spacial score (nSPS) is 13.6. The number of rotatable bonds is 0. The molecular formula is C7H5N3. The fourth-order valence-corrected chi connectivity index (χ4v) is 1.21. The van der Waals surface area contributed by atoms with Crippen molar-refractivity contribution in [1.29, 1.82) is 0 Å². The molecule has 0 saturated heterocycles. The molecule has 1 aliphatic carbocycles. The molecule has 0 N–H and O–H groups in total. The van der Waals surface area contributed by atoms with Crippen LogP contribution in [0.25, 0.3) is 5.65 Å². The summed E-state index contributed by atoms with van der Waals surface area (Å²) < 4.78 is 1.90. The third-order valence-electron chi connectivity index (χ3n) is 1.83. The Kier molecular flexibility index (Phi) is 0.537. The number of nitrogens with zero attached hydrogens (tertiary/aromatic N) is 3. The number of hydrogen-bond acceptors (Lipinski definition) is 2. The smallest absolute Gasteiger partial charge is 0.155 e. The van der Waals surface area contributed by atoms with E-state index in [1.165, 1.54) is 11.3 Å². The maximum Gasteiger partial charge on any atom is 0.155 e. The zero-order chi connectivity index (χ0) is 6.55. The van der Waals surface area contributed by atoms with Crippen LogP contribution in [0.2, 0.25) is 0 Å². The fraction of sp³-hybridized carbons (Fsp3) is 0.143. The van der Waals surface area contributed by atoms with Crippen molar-refractivity contribution >= 4 is 5.65 Å². The molecule has 2 aromatic heterocycles. The SMILES string of the molecule is c1cc2ncc3c(n2n1)C3. The van der Waals surface area contributed by atoms with E-state index in [0.29, 0.717) is 0 Å². The van der Waals surface area contributed by atoms with E-state index >= 15 is 0 Å². The molecule has 2 heterocycles. The van der Waals surface area contributed by atoms with Gasteiger partial charge in [0.15, 0.2) is 5.65 Å². The van der Waals surface area contributed by atoms with Crippen LogP contribution in [0.5, 0.6) is 0 Å². The Morgan fingerprint density at radius 3 is 3.50 bits per heavy atom. The van der Waals surface area contributed by atoms with Crippen molar-refractivity contribution < 1.29 is 0 Å². The van der Waals surface area contributed by atoms with Gasteiger partial charge in [-0.15, -0.1) is 0 Å². The molecule has 2 aromatic rings. The number of aromatic nitrogens is 3.